The second-order valence-corrected chi connectivity index (χ2v) is 8.08. The topological polar surface area (TPSA) is 50.8 Å². The van der Waals surface area contributed by atoms with E-state index in [2.05, 4.69) is 17.4 Å². The van der Waals surface area contributed by atoms with Crippen LogP contribution in [0.5, 0.6) is 5.75 Å². The molecule has 1 aromatic rings. The Morgan fingerprint density at radius 1 is 1.16 bits per heavy atom. The van der Waals surface area contributed by atoms with E-state index in [1.165, 1.54) is 18.4 Å². The van der Waals surface area contributed by atoms with Crippen LogP contribution in [0.3, 0.4) is 0 Å². The molecule has 25 heavy (non-hydrogen) atoms. The lowest BCUT2D eigenvalue weighted by Crippen LogP contribution is -2.62. The van der Waals surface area contributed by atoms with Gasteiger partial charge in [-0.1, -0.05) is 25.0 Å². The third-order valence-electron chi connectivity index (χ3n) is 5.07. The molecule has 0 radical (unpaired) electrons. The molecule has 5 nitrogen and oxygen atoms in total. The first kappa shape index (κ1) is 18.1. The average molecular weight is 346 g/mol. The molecule has 1 aromatic carbocycles. The van der Waals surface area contributed by atoms with Crippen molar-refractivity contribution in [2.24, 2.45) is 0 Å². The number of nitrogens with zero attached hydrogens (tertiary/aromatic N) is 1. The molecule has 1 N–H and O–H groups in total. The molecule has 1 aliphatic heterocycles. The fraction of sp³-hybridized carbons (Fsp3) is 0.650. The van der Waals surface area contributed by atoms with Gasteiger partial charge in [0, 0.05) is 12.6 Å². The number of amides is 1. The zero-order chi connectivity index (χ0) is 18.0. The number of fused-ring (bicyclic) bond motifs is 1. The summed E-state index contributed by atoms with van der Waals surface area (Å²) in [4.78, 5) is 14.8. The van der Waals surface area contributed by atoms with Crippen molar-refractivity contribution in [1.29, 1.82) is 0 Å². The molecule has 0 aromatic heterocycles. The van der Waals surface area contributed by atoms with E-state index in [0.717, 1.165) is 18.6 Å². The van der Waals surface area contributed by atoms with Gasteiger partial charge in [-0.25, -0.2) is 4.79 Å². The van der Waals surface area contributed by atoms with E-state index >= 15 is 0 Å². The summed E-state index contributed by atoms with van der Waals surface area (Å²) in [5.74, 6) is 0.846. The number of hydrogen-bond acceptors (Lipinski definition) is 4. The molecule has 1 aliphatic carbocycles. The molecule has 5 heteroatoms. The molecule has 2 fully saturated rings. The minimum Gasteiger partial charge on any atom is -0.497 e. The highest BCUT2D eigenvalue weighted by Crippen LogP contribution is 2.33. The van der Waals surface area contributed by atoms with E-state index in [1.54, 1.807) is 7.11 Å². The van der Waals surface area contributed by atoms with Gasteiger partial charge in [-0.05, 0) is 51.3 Å². The summed E-state index contributed by atoms with van der Waals surface area (Å²) in [6.45, 7) is 6.41. The van der Waals surface area contributed by atoms with Gasteiger partial charge in [0.15, 0.2) is 0 Å². The van der Waals surface area contributed by atoms with Crippen molar-refractivity contribution >= 4 is 6.09 Å². The number of benzene rings is 1. The second kappa shape index (κ2) is 7.24. The predicted octanol–water partition coefficient (Wildman–Crippen LogP) is 3.89. The SMILES string of the molecule is COc1ccc([C@@H]2CN(C(=O)OC(C)(C)C)[C@H]3CCCC[C@H]3N2)cc1. The smallest absolute Gasteiger partial charge is 0.410 e. The molecular weight excluding hydrogens is 316 g/mol. The zero-order valence-corrected chi connectivity index (χ0v) is 15.7. The number of hydrogen-bond donors (Lipinski definition) is 1. The van der Waals surface area contributed by atoms with Crippen LogP contribution in [-0.2, 0) is 4.74 Å². The summed E-state index contributed by atoms with van der Waals surface area (Å²) in [5, 5.41) is 3.77. The van der Waals surface area contributed by atoms with E-state index in [0.29, 0.717) is 12.6 Å². The van der Waals surface area contributed by atoms with Crippen molar-refractivity contribution in [3.05, 3.63) is 29.8 Å². The fourth-order valence-corrected chi connectivity index (χ4v) is 3.89. The standard InChI is InChI=1S/C20H30N2O3/c1-20(2,3)25-19(23)22-13-17(14-9-11-15(24-4)12-10-14)21-16-7-5-6-8-18(16)22/h9-12,16-18,21H,5-8,13H2,1-4H3/t16-,17+,18+/m1/s1. The third-order valence-corrected chi connectivity index (χ3v) is 5.07. The number of carbonyl (C=O) groups excluding carboxylic acids is 1. The van der Waals surface area contributed by atoms with Gasteiger partial charge >= 0.3 is 6.09 Å². The molecule has 0 bridgehead atoms. The molecule has 1 saturated heterocycles. The van der Waals surface area contributed by atoms with Crippen LogP contribution >= 0.6 is 0 Å². The van der Waals surface area contributed by atoms with E-state index < -0.39 is 5.60 Å². The fourth-order valence-electron chi connectivity index (χ4n) is 3.89. The highest BCUT2D eigenvalue weighted by Gasteiger charge is 2.41. The van der Waals surface area contributed by atoms with Gasteiger partial charge < -0.3 is 19.7 Å². The van der Waals surface area contributed by atoms with E-state index in [-0.39, 0.29) is 18.2 Å². The molecule has 3 rings (SSSR count). The molecule has 1 amide bonds. The van der Waals surface area contributed by atoms with Crippen LogP contribution in [-0.4, -0.2) is 42.3 Å². The van der Waals surface area contributed by atoms with Crippen molar-refractivity contribution in [3.63, 3.8) is 0 Å². The third kappa shape index (κ3) is 4.27. The van der Waals surface area contributed by atoms with Crippen LogP contribution in [0.1, 0.15) is 58.1 Å². The first-order valence-electron chi connectivity index (χ1n) is 9.27. The first-order chi connectivity index (χ1) is 11.9. The van der Waals surface area contributed by atoms with Gasteiger partial charge in [-0.2, -0.15) is 0 Å². The van der Waals surface area contributed by atoms with Crippen LogP contribution in [0.25, 0.3) is 0 Å². The highest BCUT2D eigenvalue weighted by atomic mass is 16.6. The number of carbonyl (C=O) groups is 1. The lowest BCUT2D eigenvalue weighted by Gasteiger charge is -2.47. The van der Waals surface area contributed by atoms with Gasteiger partial charge in [0.05, 0.1) is 19.2 Å². The Labute approximate surface area is 150 Å². The summed E-state index contributed by atoms with van der Waals surface area (Å²) in [5.41, 5.74) is 0.709. The summed E-state index contributed by atoms with van der Waals surface area (Å²) in [6.07, 6.45) is 4.36. The molecule has 2 aliphatic rings. The maximum absolute atomic E-state index is 12.8. The van der Waals surface area contributed by atoms with Crippen LogP contribution in [0, 0.1) is 0 Å². The van der Waals surface area contributed by atoms with E-state index in [9.17, 15) is 4.79 Å². The Hall–Kier alpha value is -1.75. The van der Waals surface area contributed by atoms with Gasteiger partial charge in [-0.15, -0.1) is 0 Å². The monoisotopic (exact) mass is 346 g/mol. The molecule has 0 spiro atoms. The van der Waals surface area contributed by atoms with E-state index in [4.69, 9.17) is 9.47 Å². The number of ether oxygens (including phenoxy) is 2. The van der Waals surface area contributed by atoms with Gasteiger partial charge in [0.1, 0.15) is 11.4 Å². The molecule has 3 atom stereocenters. The van der Waals surface area contributed by atoms with Crippen LogP contribution in [0.4, 0.5) is 4.79 Å². The van der Waals surface area contributed by atoms with Crippen LogP contribution < -0.4 is 10.1 Å². The zero-order valence-electron chi connectivity index (χ0n) is 15.7. The first-order valence-corrected chi connectivity index (χ1v) is 9.27. The Bertz CT molecular complexity index is 594. The number of rotatable bonds is 2. The van der Waals surface area contributed by atoms with Gasteiger partial charge in [-0.3, -0.25) is 0 Å². The van der Waals surface area contributed by atoms with Crippen molar-refractivity contribution in [1.82, 2.24) is 10.2 Å². The number of methoxy groups -OCH3 is 1. The lowest BCUT2D eigenvalue weighted by atomic mass is 9.85. The minimum absolute atomic E-state index is 0.123. The van der Waals surface area contributed by atoms with Crippen LogP contribution in [0.15, 0.2) is 24.3 Å². The predicted molar refractivity (Wildman–Crippen MR) is 97.9 cm³/mol. The summed E-state index contributed by atoms with van der Waals surface area (Å²) in [6, 6.07) is 8.79. The van der Waals surface area contributed by atoms with E-state index in [1.807, 2.05) is 37.8 Å². The van der Waals surface area contributed by atoms with Gasteiger partial charge in [0.2, 0.25) is 0 Å². The minimum atomic E-state index is -0.471. The van der Waals surface area contributed by atoms with Crippen LogP contribution in [0.2, 0.25) is 0 Å². The summed E-state index contributed by atoms with van der Waals surface area (Å²) in [7, 11) is 1.67. The maximum atomic E-state index is 12.8. The summed E-state index contributed by atoms with van der Waals surface area (Å²) >= 11 is 0. The quantitative estimate of drug-likeness (QED) is 0.883. The Balaban J connectivity index is 1.80. The highest BCUT2D eigenvalue weighted by molar-refractivity contribution is 5.69. The average Bonchev–Trinajstić information content (AvgIpc) is 2.59. The maximum Gasteiger partial charge on any atom is 0.410 e. The lowest BCUT2D eigenvalue weighted by molar-refractivity contribution is -0.00711. The van der Waals surface area contributed by atoms with Crippen molar-refractivity contribution in [2.75, 3.05) is 13.7 Å². The van der Waals surface area contributed by atoms with Crippen molar-refractivity contribution in [3.8, 4) is 5.75 Å². The summed E-state index contributed by atoms with van der Waals surface area (Å²) < 4.78 is 10.9. The molecule has 1 heterocycles. The Morgan fingerprint density at radius 3 is 2.48 bits per heavy atom. The largest absolute Gasteiger partial charge is 0.497 e. The Kier molecular flexibility index (Phi) is 5.23. The second-order valence-electron chi connectivity index (χ2n) is 8.08. The molecular formula is C20H30N2O3. The normalized spacial score (nSPS) is 26.7. The van der Waals surface area contributed by atoms with Gasteiger partial charge in [0.25, 0.3) is 0 Å². The van der Waals surface area contributed by atoms with Crippen molar-refractivity contribution in [2.45, 2.75) is 70.2 Å². The molecule has 1 saturated carbocycles. The number of piperazine rings is 1. The Morgan fingerprint density at radius 2 is 1.84 bits per heavy atom. The molecule has 138 valence electrons. The van der Waals surface area contributed by atoms with Crippen molar-refractivity contribution < 1.29 is 14.3 Å². The number of nitrogens with one attached hydrogen (secondary N) is 1. The molecule has 0 unspecified atom stereocenters.